The van der Waals surface area contributed by atoms with E-state index in [1.54, 1.807) is 0 Å². The van der Waals surface area contributed by atoms with Crippen molar-refractivity contribution >= 4 is 73.0 Å². The monoisotopic (exact) mass is 673 g/mol. The van der Waals surface area contributed by atoms with Gasteiger partial charge in [0.05, 0.1) is 12.7 Å². The summed E-state index contributed by atoms with van der Waals surface area (Å²) in [7, 11) is -2.68. The van der Waals surface area contributed by atoms with Gasteiger partial charge in [-0.15, -0.1) is 0 Å². The van der Waals surface area contributed by atoms with Gasteiger partial charge in [-0.2, -0.15) is 0 Å². The van der Waals surface area contributed by atoms with E-state index in [4.69, 9.17) is 16.6 Å². The molecule has 0 fully saturated rings. The minimum Gasteiger partial charge on any atom is -0.254 e. The van der Waals surface area contributed by atoms with Crippen molar-refractivity contribution in [2.45, 2.75) is 0 Å². The molecule has 0 atom stereocenters. The fraction of sp³-hybridized carbons (Fsp3) is 0. The first kappa shape index (κ1) is 29.5. The van der Waals surface area contributed by atoms with Gasteiger partial charge < -0.3 is 0 Å². The maximum atomic E-state index is 6.87. The van der Waals surface area contributed by atoms with Gasteiger partial charge in [-0.25, -0.2) is 0 Å². The largest absolute Gasteiger partial charge is 0.254 e. The van der Waals surface area contributed by atoms with Crippen LogP contribution < -0.4 is 21.2 Å². The number of nitrogens with zero attached hydrogens (tertiary/aromatic N) is 1. The molecule has 210 valence electrons. The van der Waals surface area contributed by atoms with Crippen LogP contribution in [0, 0.1) is 0 Å². The van der Waals surface area contributed by atoms with Crippen LogP contribution >= 0.6 is 29.0 Å². The zero-order valence-electron chi connectivity index (χ0n) is 23.4. The van der Waals surface area contributed by atoms with Crippen molar-refractivity contribution in [3.63, 3.8) is 0 Å². The van der Waals surface area contributed by atoms with E-state index in [2.05, 4.69) is 198 Å². The summed E-state index contributed by atoms with van der Waals surface area (Å²) < 4.78 is 6.84. The van der Waals surface area contributed by atoms with E-state index in [-0.39, 0.29) is 0 Å². The van der Waals surface area contributed by atoms with Gasteiger partial charge in [0.15, 0.2) is 0 Å². The summed E-state index contributed by atoms with van der Waals surface area (Å²) in [6.07, 6.45) is 0. The second kappa shape index (κ2) is 13.4. The Balaban J connectivity index is 1.81. The molecule has 0 spiro atoms. The van der Waals surface area contributed by atoms with Gasteiger partial charge in [-0.05, 0) is 46.3 Å². The van der Waals surface area contributed by atoms with E-state index < -0.39 is 13.1 Å². The van der Waals surface area contributed by atoms with Crippen LogP contribution in [-0.4, -0.2) is 0 Å². The lowest BCUT2D eigenvalue weighted by atomic mass is 10.2. The third kappa shape index (κ3) is 6.23. The summed E-state index contributed by atoms with van der Waals surface area (Å²) in [5, 5.41) is 5.85. The number of rotatable bonds is 8. The number of halogens is 1. The first-order chi connectivity index (χ1) is 21.1. The SMILES string of the molecule is S=P(/C=C(\c1ccccc1)P(=Nc1ccc(Br)cc1)(c1ccccc1)c1ccccc1)(c1ccccc1)c1ccccc1. The highest BCUT2D eigenvalue weighted by molar-refractivity contribution is 9.10. The fourth-order valence-corrected chi connectivity index (χ4v) is 13.7. The highest BCUT2D eigenvalue weighted by Crippen LogP contribution is 2.64. The van der Waals surface area contributed by atoms with Crippen molar-refractivity contribution in [1.82, 2.24) is 0 Å². The smallest absolute Gasteiger partial charge is 0.0626 e. The van der Waals surface area contributed by atoms with Crippen molar-refractivity contribution in [2.24, 2.45) is 4.74 Å². The maximum absolute atomic E-state index is 6.87. The van der Waals surface area contributed by atoms with E-state index >= 15 is 0 Å². The highest BCUT2D eigenvalue weighted by Gasteiger charge is 2.33. The van der Waals surface area contributed by atoms with Gasteiger partial charge >= 0.3 is 0 Å². The molecule has 0 aromatic heterocycles. The van der Waals surface area contributed by atoms with Crippen molar-refractivity contribution in [1.29, 1.82) is 0 Å². The average molecular weight is 675 g/mol. The summed E-state index contributed by atoms with van der Waals surface area (Å²) in [6, 6.07) is 59.4. The molecule has 6 aromatic carbocycles. The van der Waals surface area contributed by atoms with Crippen molar-refractivity contribution < 1.29 is 0 Å². The van der Waals surface area contributed by atoms with Crippen LogP contribution in [0.2, 0.25) is 0 Å². The Morgan fingerprint density at radius 2 is 0.860 bits per heavy atom. The van der Waals surface area contributed by atoms with E-state index in [1.807, 2.05) is 0 Å². The standard InChI is InChI=1S/C38H30BrNP2S/c39-32-26-28-33(29-27-32)40-42(36-22-12-4-13-23-36,37-24-14-5-15-25-37)38(31-16-6-1-7-17-31)30-41(43,34-18-8-2-9-19-34)35-20-10-3-11-21-35/h1-30H/b38-30+. The summed E-state index contributed by atoms with van der Waals surface area (Å²) in [5.74, 6) is 2.43. The molecule has 0 aliphatic carbocycles. The zero-order chi connectivity index (χ0) is 29.5. The van der Waals surface area contributed by atoms with Gasteiger partial charge in [0.1, 0.15) is 0 Å². The second-order valence-electron chi connectivity index (χ2n) is 10.1. The molecule has 0 bridgehead atoms. The Morgan fingerprint density at radius 3 is 1.28 bits per heavy atom. The Hall–Kier alpha value is -3.58. The molecule has 0 radical (unpaired) electrons. The minimum absolute atomic E-state index is 0.929. The average Bonchev–Trinajstić information content (AvgIpc) is 3.09. The van der Waals surface area contributed by atoms with Crippen molar-refractivity contribution in [3.05, 3.63) is 192 Å². The molecule has 6 aromatic rings. The molecule has 1 nitrogen and oxygen atoms in total. The van der Waals surface area contributed by atoms with Crippen LogP contribution in [0.5, 0.6) is 0 Å². The summed E-state index contributed by atoms with van der Waals surface area (Å²) in [4.78, 5) is 0. The van der Waals surface area contributed by atoms with E-state index in [0.29, 0.717) is 0 Å². The van der Waals surface area contributed by atoms with Crippen LogP contribution in [0.15, 0.2) is 191 Å². The molecule has 0 N–H and O–H groups in total. The highest BCUT2D eigenvalue weighted by atomic mass is 79.9. The minimum atomic E-state index is -2.68. The molecule has 0 aliphatic rings. The summed E-state index contributed by atoms with van der Waals surface area (Å²) >= 11 is 10.5. The first-order valence-corrected chi connectivity index (χ1v) is 19.5. The van der Waals surface area contributed by atoms with E-state index in [0.717, 1.165) is 26.3 Å². The molecule has 5 heteroatoms. The molecule has 6 rings (SSSR count). The Morgan fingerprint density at radius 1 is 0.488 bits per heavy atom. The van der Waals surface area contributed by atoms with Gasteiger partial charge in [0, 0.05) is 26.4 Å². The van der Waals surface area contributed by atoms with Gasteiger partial charge in [0.25, 0.3) is 0 Å². The molecule has 0 amide bonds. The molecule has 0 aliphatic heterocycles. The molecule has 0 saturated carbocycles. The molecule has 0 heterocycles. The Kier molecular flexibility index (Phi) is 9.17. The Bertz CT molecular complexity index is 1840. The molecule has 0 unspecified atom stereocenters. The summed E-state index contributed by atoms with van der Waals surface area (Å²) in [6.45, 7) is 0. The van der Waals surface area contributed by atoms with Crippen molar-refractivity contribution in [2.75, 3.05) is 0 Å². The molecular weight excluding hydrogens is 644 g/mol. The van der Waals surface area contributed by atoms with Crippen molar-refractivity contribution in [3.8, 4) is 0 Å². The van der Waals surface area contributed by atoms with Gasteiger partial charge in [-0.3, -0.25) is 4.74 Å². The van der Waals surface area contributed by atoms with E-state index in [1.165, 1.54) is 15.9 Å². The lowest BCUT2D eigenvalue weighted by molar-refractivity contribution is 1.53. The number of hydrogen-bond donors (Lipinski definition) is 0. The van der Waals surface area contributed by atoms with Crippen LogP contribution in [0.4, 0.5) is 5.69 Å². The van der Waals surface area contributed by atoms with Crippen LogP contribution in [0.3, 0.4) is 0 Å². The molecule has 43 heavy (non-hydrogen) atoms. The summed E-state index contributed by atoms with van der Waals surface area (Å²) in [5.41, 5.74) is 2.06. The van der Waals surface area contributed by atoms with Crippen LogP contribution in [-0.2, 0) is 11.8 Å². The van der Waals surface area contributed by atoms with E-state index in [9.17, 15) is 0 Å². The number of hydrogen-bond acceptors (Lipinski definition) is 2. The molecule has 0 saturated heterocycles. The molecular formula is C38H30BrNP2S. The third-order valence-electron chi connectivity index (χ3n) is 7.35. The lowest BCUT2D eigenvalue weighted by Gasteiger charge is -2.32. The Labute approximate surface area is 268 Å². The quantitative estimate of drug-likeness (QED) is 0.147. The zero-order valence-corrected chi connectivity index (χ0v) is 27.6. The normalized spacial score (nSPS) is 12.1. The predicted molar refractivity (Wildman–Crippen MR) is 196 cm³/mol. The first-order valence-electron chi connectivity index (χ1n) is 14.1. The van der Waals surface area contributed by atoms with Gasteiger partial charge in [0.2, 0.25) is 0 Å². The third-order valence-corrected chi connectivity index (χ3v) is 16.1. The van der Waals surface area contributed by atoms with Gasteiger partial charge in [-0.1, -0.05) is 179 Å². The number of benzene rings is 6. The maximum Gasteiger partial charge on any atom is 0.0626 e. The predicted octanol–water partition coefficient (Wildman–Crippen LogP) is 10.1. The van der Waals surface area contributed by atoms with Crippen LogP contribution in [0.25, 0.3) is 5.31 Å². The second-order valence-corrected chi connectivity index (χ2v) is 18.3. The lowest BCUT2D eigenvalue weighted by Crippen LogP contribution is -2.19. The fourth-order valence-electron chi connectivity index (χ4n) is 5.29. The van der Waals surface area contributed by atoms with Crippen LogP contribution in [0.1, 0.15) is 5.56 Å². The topological polar surface area (TPSA) is 12.4 Å².